The summed E-state index contributed by atoms with van der Waals surface area (Å²) in [6.45, 7) is 6.51. The van der Waals surface area contributed by atoms with Gasteiger partial charge in [-0.25, -0.2) is 4.98 Å². The standard InChI is InChI=1S/C32H41N3O2/c1-22-9-10-29(23(2)15-22)37-14-6-5-13-35-28-8-4-3-7-27(28)34-30(35)11-12-33-31(36)32-19-24-16-25(20-32)18-26(17-24)21-32/h3-4,7-10,15,24-26H,5-6,11-14,16-21H2,1-2H3,(H,33,36). The predicted molar refractivity (Wildman–Crippen MR) is 148 cm³/mol. The number of fused-ring (bicyclic) bond motifs is 1. The molecule has 5 nitrogen and oxygen atoms in total. The summed E-state index contributed by atoms with van der Waals surface area (Å²) in [5.41, 5.74) is 4.60. The van der Waals surface area contributed by atoms with Crippen LogP contribution < -0.4 is 10.1 Å². The third-order valence-electron chi connectivity index (χ3n) is 9.25. The number of aryl methyl sites for hydroxylation is 3. The summed E-state index contributed by atoms with van der Waals surface area (Å²) in [7, 11) is 0. The van der Waals surface area contributed by atoms with Crippen molar-refractivity contribution in [2.24, 2.45) is 23.2 Å². The lowest BCUT2D eigenvalue weighted by Crippen LogP contribution is -2.53. The first-order valence-corrected chi connectivity index (χ1v) is 14.4. The fourth-order valence-electron chi connectivity index (χ4n) is 7.95. The predicted octanol–water partition coefficient (Wildman–Crippen LogP) is 6.39. The molecule has 4 bridgehead atoms. The summed E-state index contributed by atoms with van der Waals surface area (Å²) in [5, 5.41) is 3.35. The van der Waals surface area contributed by atoms with Crippen molar-refractivity contribution in [1.29, 1.82) is 0 Å². The van der Waals surface area contributed by atoms with E-state index >= 15 is 0 Å². The summed E-state index contributed by atoms with van der Waals surface area (Å²) < 4.78 is 8.40. The van der Waals surface area contributed by atoms with Gasteiger partial charge in [-0.05, 0) is 107 Å². The third-order valence-corrected chi connectivity index (χ3v) is 9.25. The van der Waals surface area contributed by atoms with E-state index in [1.165, 1.54) is 35.9 Å². The molecule has 37 heavy (non-hydrogen) atoms. The first-order valence-electron chi connectivity index (χ1n) is 14.4. The van der Waals surface area contributed by atoms with E-state index in [-0.39, 0.29) is 5.41 Å². The van der Waals surface area contributed by atoms with Crippen LogP contribution in [0.15, 0.2) is 42.5 Å². The molecule has 5 heteroatoms. The van der Waals surface area contributed by atoms with Crippen LogP contribution in [-0.2, 0) is 17.8 Å². The molecule has 2 aromatic carbocycles. The molecule has 4 fully saturated rings. The van der Waals surface area contributed by atoms with Crippen molar-refractivity contribution in [3.05, 3.63) is 59.4 Å². The molecule has 4 saturated carbocycles. The molecule has 1 amide bonds. The van der Waals surface area contributed by atoms with Gasteiger partial charge in [-0.1, -0.05) is 29.8 Å². The Kier molecular flexibility index (Phi) is 6.73. The molecule has 0 saturated heterocycles. The maximum Gasteiger partial charge on any atom is 0.226 e. The molecule has 0 radical (unpaired) electrons. The summed E-state index contributed by atoms with van der Waals surface area (Å²) in [6, 6.07) is 14.7. The number of carbonyl (C=O) groups is 1. The van der Waals surface area contributed by atoms with Gasteiger partial charge in [0.1, 0.15) is 11.6 Å². The highest BCUT2D eigenvalue weighted by Gasteiger charge is 2.54. The van der Waals surface area contributed by atoms with Crippen LogP contribution in [0.2, 0.25) is 0 Å². The van der Waals surface area contributed by atoms with Crippen LogP contribution in [0.25, 0.3) is 11.0 Å². The molecule has 4 aliphatic rings. The third kappa shape index (κ3) is 5.02. The number of para-hydroxylation sites is 2. The van der Waals surface area contributed by atoms with Gasteiger partial charge in [0.25, 0.3) is 0 Å². The minimum atomic E-state index is -0.0787. The number of nitrogens with zero attached hydrogens (tertiary/aromatic N) is 2. The number of unbranched alkanes of at least 4 members (excludes halogenated alkanes) is 1. The van der Waals surface area contributed by atoms with Crippen LogP contribution in [-0.4, -0.2) is 28.6 Å². The molecule has 1 N–H and O–H groups in total. The van der Waals surface area contributed by atoms with Crippen molar-refractivity contribution in [2.75, 3.05) is 13.2 Å². The van der Waals surface area contributed by atoms with Gasteiger partial charge in [0.05, 0.1) is 17.6 Å². The lowest BCUT2D eigenvalue weighted by molar-refractivity contribution is -0.146. The number of benzene rings is 2. The normalized spacial score (nSPS) is 26.1. The topological polar surface area (TPSA) is 56.1 Å². The van der Waals surface area contributed by atoms with E-state index in [0.717, 1.165) is 79.9 Å². The van der Waals surface area contributed by atoms with Crippen molar-refractivity contribution in [3.63, 3.8) is 0 Å². The fourth-order valence-corrected chi connectivity index (χ4v) is 7.95. The Balaban J connectivity index is 1.05. The highest BCUT2D eigenvalue weighted by Crippen LogP contribution is 2.60. The molecule has 3 aromatic rings. The van der Waals surface area contributed by atoms with Crippen LogP contribution in [0, 0.1) is 37.0 Å². The molecular formula is C32H41N3O2. The van der Waals surface area contributed by atoms with Crippen LogP contribution in [0.5, 0.6) is 5.75 Å². The van der Waals surface area contributed by atoms with E-state index in [1.807, 2.05) is 0 Å². The zero-order valence-corrected chi connectivity index (χ0v) is 22.5. The number of aromatic nitrogens is 2. The molecule has 0 atom stereocenters. The summed E-state index contributed by atoms with van der Waals surface area (Å²) in [6.07, 6.45) is 10.2. The second-order valence-electron chi connectivity index (χ2n) is 12.2. The van der Waals surface area contributed by atoms with Crippen LogP contribution in [0.3, 0.4) is 0 Å². The van der Waals surface area contributed by atoms with Crippen molar-refractivity contribution < 1.29 is 9.53 Å². The summed E-state index contributed by atoms with van der Waals surface area (Å²) in [5.74, 6) is 4.74. The van der Waals surface area contributed by atoms with E-state index < -0.39 is 0 Å². The van der Waals surface area contributed by atoms with Gasteiger partial charge in [-0.2, -0.15) is 0 Å². The first kappa shape index (κ1) is 24.5. The Morgan fingerprint density at radius 3 is 2.49 bits per heavy atom. The minimum absolute atomic E-state index is 0.0787. The second-order valence-corrected chi connectivity index (χ2v) is 12.2. The van der Waals surface area contributed by atoms with Gasteiger partial charge in [0.2, 0.25) is 5.91 Å². The van der Waals surface area contributed by atoms with Gasteiger partial charge >= 0.3 is 0 Å². The van der Waals surface area contributed by atoms with E-state index in [0.29, 0.717) is 19.1 Å². The van der Waals surface area contributed by atoms with E-state index in [4.69, 9.17) is 9.72 Å². The van der Waals surface area contributed by atoms with Gasteiger partial charge in [-0.3, -0.25) is 4.79 Å². The molecule has 4 aliphatic carbocycles. The van der Waals surface area contributed by atoms with Gasteiger partial charge in [0, 0.05) is 24.9 Å². The SMILES string of the molecule is Cc1ccc(OCCCCn2c(CCNC(=O)C34CC5CC(CC(C5)C3)C4)nc3ccccc32)c(C)c1. The number of amides is 1. The van der Waals surface area contributed by atoms with Crippen molar-refractivity contribution in [1.82, 2.24) is 14.9 Å². The second kappa shape index (κ2) is 10.2. The molecule has 0 spiro atoms. The number of hydrogen-bond acceptors (Lipinski definition) is 3. The average Bonchev–Trinajstić information content (AvgIpc) is 3.21. The monoisotopic (exact) mass is 499 g/mol. The number of carbonyl (C=O) groups excluding carboxylic acids is 1. The molecule has 1 aromatic heterocycles. The number of ether oxygens (including phenoxy) is 1. The number of hydrogen-bond donors (Lipinski definition) is 1. The lowest BCUT2D eigenvalue weighted by atomic mass is 9.49. The van der Waals surface area contributed by atoms with Gasteiger partial charge in [-0.15, -0.1) is 0 Å². The Morgan fingerprint density at radius 1 is 1.03 bits per heavy atom. The van der Waals surface area contributed by atoms with Gasteiger partial charge in [0.15, 0.2) is 0 Å². The number of nitrogens with one attached hydrogen (secondary N) is 1. The molecule has 7 rings (SSSR count). The molecule has 196 valence electrons. The summed E-state index contributed by atoms with van der Waals surface area (Å²) in [4.78, 5) is 18.3. The average molecular weight is 500 g/mol. The Morgan fingerprint density at radius 2 is 1.76 bits per heavy atom. The van der Waals surface area contributed by atoms with Crippen molar-refractivity contribution in [3.8, 4) is 5.75 Å². The number of rotatable bonds is 10. The minimum Gasteiger partial charge on any atom is -0.493 e. The van der Waals surface area contributed by atoms with Gasteiger partial charge < -0.3 is 14.6 Å². The molecule has 1 heterocycles. The summed E-state index contributed by atoms with van der Waals surface area (Å²) >= 11 is 0. The Labute approximate surface area is 221 Å². The highest BCUT2D eigenvalue weighted by atomic mass is 16.5. The zero-order valence-electron chi connectivity index (χ0n) is 22.5. The molecule has 0 unspecified atom stereocenters. The van der Waals surface area contributed by atoms with E-state index in [9.17, 15) is 4.79 Å². The first-order chi connectivity index (χ1) is 18.0. The van der Waals surface area contributed by atoms with Crippen LogP contribution >= 0.6 is 0 Å². The quantitative estimate of drug-likeness (QED) is 0.329. The van der Waals surface area contributed by atoms with Crippen molar-refractivity contribution >= 4 is 16.9 Å². The molecular weight excluding hydrogens is 458 g/mol. The maximum absolute atomic E-state index is 13.4. The highest BCUT2D eigenvalue weighted by molar-refractivity contribution is 5.83. The lowest BCUT2D eigenvalue weighted by Gasteiger charge is -2.55. The Hall–Kier alpha value is -2.82. The van der Waals surface area contributed by atoms with Crippen LogP contribution in [0.4, 0.5) is 0 Å². The zero-order chi connectivity index (χ0) is 25.4. The fraction of sp³-hybridized carbons (Fsp3) is 0.562. The Bertz CT molecular complexity index is 1240. The molecule has 0 aliphatic heterocycles. The van der Waals surface area contributed by atoms with E-state index in [1.54, 1.807) is 0 Å². The van der Waals surface area contributed by atoms with E-state index in [2.05, 4.69) is 66.2 Å². The largest absolute Gasteiger partial charge is 0.493 e. The number of imidazole rings is 1. The van der Waals surface area contributed by atoms with Crippen LogP contribution in [0.1, 0.15) is 68.3 Å². The van der Waals surface area contributed by atoms with Crippen molar-refractivity contribution in [2.45, 2.75) is 78.2 Å². The smallest absolute Gasteiger partial charge is 0.226 e. The maximum atomic E-state index is 13.4.